The zero-order valence-electron chi connectivity index (χ0n) is 14.1. The van der Waals surface area contributed by atoms with Crippen molar-refractivity contribution in [1.29, 1.82) is 0 Å². The van der Waals surface area contributed by atoms with E-state index < -0.39 is 0 Å². The lowest BCUT2D eigenvalue weighted by Crippen LogP contribution is -2.28. The topological polar surface area (TPSA) is 52.6 Å². The van der Waals surface area contributed by atoms with E-state index in [2.05, 4.69) is 5.32 Å². The normalized spacial score (nSPS) is 12.5. The number of benzene rings is 2. The molecular formula is C20H24N2O2. The van der Waals surface area contributed by atoms with Crippen molar-refractivity contribution in [2.24, 2.45) is 0 Å². The second kappa shape index (κ2) is 8.89. The molecule has 0 aliphatic rings. The van der Waals surface area contributed by atoms with Gasteiger partial charge in [0.1, 0.15) is 5.75 Å². The van der Waals surface area contributed by atoms with Gasteiger partial charge in [-0.3, -0.25) is 4.79 Å². The number of hydrogen-bond donors (Lipinski definition) is 2. The van der Waals surface area contributed by atoms with Gasteiger partial charge in [-0.15, -0.1) is 0 Å². The highest BCUT2D eigenvalue weighted by Crippen LogP contribution is 2.20. The molecule has 0 aromatic heterocycles. The van der Waals surface area contributed by atoms with Gasteiger partial charge in [-0.05, 0) is 43.8 Å². The van der Waals surface area contributed by atoms with Crippen LogP contribution in [-0.2, 0) is 11.2 Å². The van der Waals surface area contributed by atoms with Crippen LogP contribution in [0.1, 0.15) is 17.2 Å². The van der Waals surface area contributed by atoms with Crippen LogP contribution in [-0.4, -0.2) is 36.6 Å². The average molecular weight is 324 g/mol. The third kappa shape index (κ3) is 5.89. The smallest absolute Gasteiger partial charge is 0.244 e. The summed E-state index contributed by atoms with van der Waals surface area (Å²) < 4.78 is 0. The van der Waals surface area contributed by atoms with Crippen LogP contribution in [0, 0.1) is 0 Å². The van der Waals surface area contributed by atoms with Crippen LogP contribution in [0.2, 0.25) is 0 Å². The molecule has 0 aliphatic carbocycles. The molecule has 0 spiro atoms. The Morgan fingerprint density at radius 1 is 1.17 bits per heavy atom. The maximum atomic E-state index is 12.2. The van der Waals surface area contributed by atoms with Crippen LogP contribution < -0.4 is 5.32 Å². The fourth-order valence-electron chi connectivity index (χ4n) is 2.45. The molecule has 4 nitrogen and oxygen atoms in total. The van der Waals surface area contributed by atoms with Crippen LogP contribution in [0.4, 0.5) is 0 Å². The summed E-state index contributed by atoms with van der Waals surface area (Å²) in [5.41, 5.74) is 2.01. The molecule has 1 atom stereocenters. The van der Waals surface area contributed by atoms with Crippen LogP contribution >= 0.6 is 0 Å². The second-order valence-corrected chi connectivity index (χ2v) is 6.01. The Morgan fingerprint density at radius 2 is 1.92 bits per heavy atom. The Kier molecular flexibility index (Phi) is 6.58. The highest BCUT2D eigenvalue weighted by Gasteiger charge is 2.14. The number of phenolic OH excluding ortho intramolecular Hbond substituents is 1. The molecule has 2 aromatic rings. The lowest BCUT2D eigenvalue weighted by Gasteiger charge is -2.19. The van der Waals surface area contributed by atoms with Crippen molar-refractivity contribution in [2.75, 3.05) is 20.6 Å². The van der Waals surface area contributed by atoms with Gasteiger partial charge in [-0.25, -0.2) is 0 Å². The van der Waals surface area contributed by atoms with Gasteiger partial charge < -0.3 is 15.3 Å². The highest BCUT2D eigenvalue weighted by molar-refractivity contribution is 5.87. The molecule has 1 unspecified atom stereocenters. The number of likely N-dealkylation sites (N-methyl/N-ethyl adjacent to an activating group) is 1. The molecule has 2 rings (SSSR count). The number of phenols is 1. The second-order valence-electron chi connectivity index (χ2n) is 6.01. The Hall–Kier alpha value is -2.59. The van der Waals surface area contributed by atoms with E-state index in [0.29, 0.717) is 6.42 Å². The molecule has 4 heteroatoms. The van der Waals surface area contributed by atoms with Gasteiger partial charge in [0.25, 0.3) is 0 Å². The molecule has 0 heterocycles. The molecule has 24 heavy (non-hydrogen) atoms. The number of aromatic hydroxyl groups is 1. The largest absolute Gasteiger partial charge is 0.508 e. The monoisotopic (exact) mass is 324 g/mol. The minimum absolute atomic E-state index is 0.120. The molecule has 2 aromatic carbocycles. The summed E-state index contributed by atoms with van der Waals surface area (Å²) in [6.45, 7) is 0.718. The number of carbonyl (C=O) groups is 1. The van der Waals surface area contributed by atoms with E-state index in [4.69, 9.17) is 0 Å². The van der Waals surface area contributed by atoms with E-state index in [1.165, 1.54) is 0 Å². The van der Waals surface area contributed by atoms with E-state index in [9.17, 15) is 9.90 Å². The number of amides is 1. The van der Waals surface area contributed by atoms with Crippen LogP contribution in [0.5, 0.6) is 5.75 Å². The summed E-state index contributed by atoms with van der Waals surface area (Å²) in [5.74, 6) is 0.113. The summed E-state index contributed by atoms with van der Waals surface area (Å²) in [6, 6.07) is 16.8. The van der Waals surface area contributed by atoms with Gasteiger partial charge in [0.15, 0.2) is 0 Å². The van der Waals surface area contributed by atoms with Gasteiger partial charge in [0, 0.05) is 12.6 Å². The van der Waals surface area contributed by atoms with E-state index in [-0.39, 0.29) is 17.7 Å². The van der Waals surface area contributed by atoms with Gasteiger partial charge in [0.05, 0.1) is 6.04 Å². The van der Waals surface area contributed by atoms with Gasteiger partial charge in [-0.1, -0.05) is 48.5 Å². The van der Waals surface area contributed by atoms with Crippen molar-refractivity contribution in [1.82, 2.24) is 10.2 Å². The van der Waals surface area contributed by atoms with Crippen molar-refractivity contribution in [3.63, 3.8) is 0 Å². The number of nitrogens with zero attached hydrogens (tertiary/aromatic N) is 1. The predicted molar refractivity (Wildman–Crippen MR) is 96.8 cm³/mol. The van der Waals surface area contributed by atoms with E-state index in [1.807, 2.05) is 67.5 Å². The molecule has 0 aliphatic heterocycles. The Morgan fingerprint density at radius 3 is 2.58 bits per heavy atom. The predicted octanol–water partition coefficient (Wildman–Crippen LogP) is 2.91. The minimum Gasteiger partial charge on any atom is -0.508 e. The van der Waals surface area contributed by atoms with Crippen LogP contribution in [0.25, 0.3) is 0 Å². The maximum Gasteiger partial charge on any atom is 0.244 e. The highest BCUT2D eigenvalue weighted by atomic mass is 16.3. The summed E-state index contributed by atoms with van der Waals surface area (Å²) in [4.78, 5) is 14.2. The Bertz CT molecular complexity index is 681. The zero-order valence-corrected chi connectivity index (χ0v) is 14.1. The first kappa shape index (κ1) is 17.8. The first-order chi connectivity index (χ1) is 11.5. The zero-order chi connectivity index (χ0) is 17.4. The molecular weight excluding hydrogens is 300 g/mol. The Labute approximate surface area is 143 Å². The summed E-state index contributed by atoms with van der Waals surface area (Å²) in [5, 5.41) is 12.7. The van der Waals surface area contributed by atoms with Crippen molar-refractivity contribution in [3.05, 3.63) is 77.9 Å². The van der Waals surface area contributed by atoms with E-state index in [1.54, 1.807) is 18.2 Å². The van der Waals surface area contributed by atoms with E-state index >= 15 is 0 Å². The van der Waals surface area contributed by atoms with Gasteiger partial charge in [0.2, 0.25) is 5.91 Å². The molecule has 1 amide bonds. The quantitative estimate of drug-likeness (QED) is 0.770. The fourth-order valence-corrected chi connectivity index (χ4v) is 2.45. The number of rotatable bonds is 7. The standard InChI is InChI=1S/C20H24N2O2/c1-22(2)13-7-12-20(24)21-19(17-9-4-3-5-10-17)15-16-8-6-11-18(23)14-16/h3-12,14,19,23H,13,15H2,1-2H3,(H,21,24)/b12-7+. The van der Waals surface area contributed by atoms with Gasteiger partial charge >= 0.3 is 0 Å². The van der Waals surface area contributed by atoms with E-state index in [0.717, 1.165) is 17.7 Å². The first-order valence-electron chi connectivity index (χ1n) is 7.99. The molecule has 0 fully saturated rings. The number of nitrogens with one attached hydrogen (secondary N) is 1. The molecule has 0 bridgehead atoms. The molecule has 126 valence electrons. The van der Waals surface area contributed by atoms with Gasteiger partial charge in [-0.2, -0.15) is 0 Å². The van der Waals surface area contributed by atoms with Crippen LogP contribution in [0.15, 0.2) is 66.7 Å². The van der Waals surface area contributed by atoms with Crippen molar-refractivity contribution < 1.29 is 9.90 Å². The van der Waals surface area contributed by atoms with Crippen molar-refractivity contribution >= 4 is 5.91 Å². The summed E-state index contributed by atoms with van der Waals surface area (Å²) in [7, 11) is 3.91. The molecule has 0 radical (unpaired) electrons. The SMILES string of the molecule is CN(C)C/C=C/C(=O)NC(Cc1cccc(O)c1)c1ccccc1. The van der Waals surface area contributed by atoms with Crippen molar-refractivity contribution in [2.45, 2.75) is 12.5 Å². The summed E-state index contributed by atoms with van der Waals surface area (Å²) >= 11 is 0. The third-order valence-electron chi connectivity index (χ3n) is 3.61. The maximum absolute atomic E-state index is 12.2. The number of carbonyl (C=O) groups excluding carboxylic acids is 1. The first-order valence-corrected chi connectivity index (χ1v) is 7.99. The fraction of sp³-hybridized carbons (Fsp3) is 0.250. The number of hydrogen-bond acceptors (Lipinski definition) is 3. The van der Waals surface area contributed by atoms with Crippen LogP contribution in [0.3, 0.4) is 0 Å². The average Bonchev–Trinajstić information content (AvgIpc) is 2.55. The van der Waals surface area contributed by atoms with Crippen molar-refractivity contribution in [3.8, 4) is 5.75 Å². The molecule has 0 saturated heterocycles. The Balaban J connectivity index is 2.12. The lowest BCUT2D eigenvalue weighted by molar-refractivity contribution is -0.117. The third-order valence-corrected chi connectivity index (χ3v) is 3.61. The summed E-state index contributed by atoms with van der Waals surface area (Å²) in [6.07, 6.45) is 4.02. The lowest BCUT2D eigenvalue weighted by atomic mass is 9.98. The minimum atomic E-state index is -0.149. The molecule has 0 saturated carbocycles. The molecule has 2 N–H and O–H groups in total.